The molecule has 1 fully saturated rings. The summed E-state index contributed by atoms with van der Waals surface area (Å²) in [6, 6.07) is 3.40. The van der Waals surface area contributed by atoms with Crippen molar-refractivity contribution in [3.05, 3.63) is 28.5 Å². The zero-order valence-corrected chi connectivity index (χ0v) is 12.3. The molecule has 0 spiro atoms. The number of pyridine rings is 1. The van der Waals surface area contributed by atoms with Gasteiger partial charge in [0.2, 0.25) is 0 Å². The molecule has 1 aromatic rings. The van der Waals surface area contributed by atoms with Gasteiger partial charge in [-0.1, -0.05) is 25.4 Å². The first-order valence-electron chi connectivity index (χ1n) is 6.47. The quantitative estimate of drug-likeness (QED) is 0.868. The molecule has 0 aliphatic carbocycles. The van der Waals surface area contributed by atoms with E-state index in [1.807, 2.05) is 20.8 Å². The number of ether oxygens (including phenoxy) is 1. The highest BCUT2D eigenvalue weighted by molar-refractivity contribution is 6.29. The Hall–Kier alpha value is -1.13. The van der Waals surface area contributed by atoms with Crippen molar-refractivity contribution in [2.75, 3.05) is 13.2 Å². The Bertz CT molecular complexity index is 482. The molecular weight excluding hydrogens is 264 g/mol. The van der Waals surface area contributed by atoms with E-state index in [1.54, 1.807) is 12.1 Å². The lowest BCUT2D eigenvalue weighted by atomic mass is 10.0. The lowest BCUT2D eigenvalue weighted by molar-refractivity contribution is 0.0889. The van der Waals surface area contributed by atoms with E-state index in [2.05, 4.69) is 10.3 Å². The molecule has 1 atom stereocenters. The summed E-state index contributed by atoms with van der Waals surface area (Å²) in [4.78, 5) is 16.5. The molecule has 19 heavy (non-hydrogen) atoms. The van der Waals surface area contributed by atoms with Crippen LogP contribution in [0.3, 0.4) is 0 Å². The molecule has 0 radical (unpaired) electrons. The number of hydrogen-bond acceptors (Lipinski definition) is 3. The van der Waals surface area contributed by atoms with E-state index in [1.165, 1.54) is 0 Å². The van der Waals surface area contributed by atoms with Gasteiger partial charge in [0.25, 0.3) is 5.91 Å². The summed E-state index contributed by atoms with van der Waals surface area (Å²) in [7, 11) is 0. The Kier molecular flexibility index (Phi) is 4.11. The van der Waals surface area contributed by atoms with E-state index in [4.69, 9.17) is 16.3 Å². The molecule has 1 aliphatic rings. The first-order chi connectivity index (χ1) is 8.89. The van der Waals surface area contributed by atoms with Gasteiger partial charge < -0.3 is 10.1 Å². The van der Waals surface area contributed by atoms with Crippen molar-refractivity contribution < 1.29 is 9.53 Å². The normalized spacial score (nSPS) is 22.8. The lowest BCUT2D eigenvalue weighted by Gasteiger charge is -2.23. The number of carbonyl (C=O) groups is 1. The molecule has 1 saturated heterocycles. The summed E-state index contributed by atoms with van der Waals surface area (Å²) in [5, 5.41) is 3.37. The highest BCUT2D eigenvalue weighted by Crippen LogP contribution is 2.21. The fourth-order valence-electron chi connectivity index (χ4n) is 2.06. The molecule has 1 aromatic heterocycles. The van der Waals surface area contributed by atoms with Crippen LogP contribution in [0.2, 0.25) is 5.15 Å². The SMILES string of the molecule is CC(C)c1cc(C(=O)NC2(C)CCOC2)cc(Cl)n1. The van der Waals surface area contributed by atoms with Crippen molar-refractivity contribution in [3.63, 3.8) is 0 Å². The first-order valence-corrected chi connectivity index (χ1v) is 6.85. The van der Waals surface area contributed by atoms with Crippen molar-refractivity contribution in [1.82, 2.24) is 10.3 Å². The van der Waals surface area contributed by atoms with E-state index >= 15 is 0 Å². The topological polar surface area (TPSA) is 51.2 Å². The number of halogens is 1. The summed E-state index contributed by atoms with van der Waals surface area (Å²) in [5.74, 6) is 0.106. The van der Waals surface area contributed by atoms with Crippen LogP contribution in [0.4, 0.5) is 0 Å². The van der Waals surface area contributed by atoms with Crippen LogP contribution in [0.1, 0.15) is 49.2 Å². The van der Waals surface area contributed by atoms with Gasteiger partial charge in [-0.25, -0.2) is 4.98 Å². The Balaban J connectivity index is 2.19. The maximum Gasteiger partial charge on any atom is 0.251 e. The first kappa shape index (κ1) is 14.3. The van der Waals surface area contributed by atoms with Crippen LogP contribution in [0.5, 0.6) is 0 Å². The lowest BCUT2D eigenvalue weighted by Crippen LogP contribution is -2.46. The summed E-state index contributed by atoms with van der Waals surface area (Å²) in [5.41, 5.74) is 1.09. The van der Waals surface area contributed by atoms with Gasteiger partial charge in [0.05, 0.1) is 12.1 Å². The molecular formula is C14H19ClN2O2. The van der Waals surface area contributed by atoms with Crippen LogP contribution in [0, 0.1) is 0 Å². The van der Waals surface area contributed by atoms with Gasteiger partial charge in [0, 0.05) is 17.9 Å². The minimum atomic E-state index is -0.287. The van der Waals surface area contributed by atoms with Crippen LogP contribution in [0.15, 0.2) is 12.1 Å². The van der Waals surface area contributed by atoms with Gasteiger partial charge in [-0.3, -0.25) is 4.79 Å². The Morgan fingerprint density at radius 2 is 2.26 bits per heavy atom. The van der Waals surface area contributed by atoms with E-state index in [-0.39, 0.29) is 17.4 Å². The Morgan fingerprint density at radius 1 is 1.53 bits per heavy atom. The van der Waals surface area contributed by atoms with Gasteiger partial charge >= 0.3 is 0 Å². The standard InChI is InChI=1S/C14H19ClN2O2/c1-9(2)11-6-10(7-12(15)16-11)13(18)17-14(3)4-5-19-8-14/h6-7,9H,4-5,8H2,1-3H3,(H,17,18). The number of amides is 1. The van der Waals surface area contributed by atoms with Gasteiger partial charge in [0.1, 0.15) is 5.15 Å². The Morgan fingerprint density at radius 3 is 2.84 bits per heavy atom. The number of nitrogens with one attached hydrogen (secondary N) is 1. The molecule has 0 saturated carbocycles. The van der Waals surface area contributed by atoms with Gasteiger partial charge in [-0.2, -0.15) is 0 Å². The second kappa shape index (κ2) is 5.47. The number of nitrogens with zero attached hydrogens (tertiary/aromatic N) is 1. The molecule has 1 amide bonds. The number of aromatic nitrogens is 1. The second-order valence-electron chi connectivity index (χ2n) is 5.58. The predicted molar refractivity (Wildman–Crippen MR) is 74.6 cm³/mol. The third-order valence-corrected chi connectivity index (χ3v) is 3.50. The third-order valence-electron chi connectivity index (χ3n) is 3.30. The van der Waals surface area contributed by atoms with Crippen LogP contribution >= 0.6 is 11.6 Å². The zero-order chi connectivity index (χ0) is 14.0. The molecule has 1 unspecified atom stereocenters. The highest BCUT2D eigenvalue weighted by Gasteiger charge is 2.31. The maximum absolute atomic E-state index is 12.3. The van der Waals surface area contributed by atoms with Crippen LogP contribution < -0.4 is 5.32 Å². The molecule has 1 N–H and O–H groups in total. The van der Waals surface area contributed by atoms with Crippen molar-refractivity contribution in [2.45, 2.75) is 38.6 Å². The van der Waals surface area contributed by atoms with Crippen LogP contribution in [-0.4, -0.2) is 29.6 Å². The number of rotatable bonds is 3. The van der Waals surface area contributed by atoms with Gasteiger partial charge in [0.15, 0.2) is 0 Å². The maximum atomic E-state index is 12.3. The van der Waals surface area contributed by atoms with Crippen molar-refractivity contribution in [3.8, 4) is 0 Å². The molecule has 2 rings (SSSR count). The summed E-state index contributed by atoms with van der Waals surface area (Å²) >= 11 is 5.97. The highest BCUT2D eigenvalue weighted by atomic mass is 35.5. The summed E-state index contributed by atoms with van der Waals surface area (Å²) in [6.45, 7) is 7.27. The van der Waals surface area contributed by atoms with Gasteiger partial charge in [-0.05, 0) is 31.4 Å². The number of carbonyl (C=O) groups excluding carboxylic acids is 1. The number of hydrogen-bond donors (Lipinski definition) is 1. The second-order valence-corrected chi connectivity index (χ2v) is 5.96. The summed E-state index contributed by atoms with van der Waals surface area (Å²) in [6.07, 6.45) is 0.828. The van der Waals surface area contributed by atoms with Gasteiger partial charge in [-0.15, -0.1) is 0 Å². The van der Waals surface area contributed by atoms with E-state index in [9.17, 15) is 4.79 Å². The Labute approximate surface area is 118 Å². The van der Waals surface area contributed by atoms with E-state index in [0.717, 1.165) is 12.1 Å². The monoisotopic (exact) mass is 282 g/mol. The minimum Gasteiger partial charge on any atom is -0.379 e. The average molecular weight is 283 g/mol. The predicted octanol–water partition coefficient (Wildman–Crippen LogP) is 2.77. The summed E-state index contributed by atoms with van der Waals surface area (Å²) < 4.78 is 5.33. The average Bonchev–Trinajstić information content (AvgIpc) is 2.74. The fourth-order valence-corrected chi connectivity index (χ4v) is 2.27. The van der Waals surface area contributed by atoms with E-state index < -0.39 is 0 Å². The van der Waals surface area contributed by atoms with E-state index in [0.29, 0.717) is 23.9 Å². The fraction of sp³-hybridized carbons (Fsp3) is 0.571. The molecule has 104 valence electrons. The molecule has 1 aliphatic heterocycles. The molecule has 0 bridgehead atoms. The zero-order valence-electron chi connectivity index (χ0n) is 11.5. The molecule has 0 aromatic carbocycles. The smallest absolute Gasteiger partial charge is 0.251 e. The van der Waals surface area contributed by atoms with Crippen molar-refractivity contribution >= 4 is 17.5 Å². The molecule has 5 heteroatoms. The van der Waals surface area contributed by atoms with Crippen LogP contribution in [-0.2, 0) is 4.74 Å². The largest absolute Gasteiger partial charge is 0.379 e. The minimum absolute atomic E-state index is 0.126. The molecule has 4 nitrogen and oxygen atoms in total. The van der Waals surface area contributed by atoms with Crippen molar-refractivity contribution in [1.29, 1.82) is 0 Å². The third kappa shape index (κ3) is 3.45. The van der Waals surface area contributed by atoms with Crippen molar-refractivity contribution in [2.24, 2.45) is 0 Å². The molecule has 2 heterocycles. The van der Waals surface area contributed by atoms with Crippen LogP contribution in [0.25, 0.3) is 0 Å².